The molecule has 0 unspecified atom stereocenters. The molecule has 3 heteroatoms. The van der Waals surface area contributed by atoms with Crippen molar-refractivity contribution in [3.63, 3.8) is 0 Å². The molecule has 0 aromatic carbocycles. The molecule has 1 N–H and O–H groups in total. The number of aromatic nitrogens is 1. The number of nitrogens with zero attached hydrogens (tertiary/aromatic N) is 1. The number of pyridine rings is 1. The van der Waals surface area contributed by atoms with E-state index in [2.05, 4.69) is 18.1 Å². The minimum absolute atomic E-state index is 0.0806. The number of carbonyl (C=O) groups excluding carboxylic acids is 1. The second-order valence-corrected chi connectivity index (χ2v) is 4.19. The molecule has 1 fully saturated rings. The van der Waals surface area contributed by atoms with Crippen molar-refractivity contribution in [1.29, 1.82) is 0 Å². The second kappa shape index (κ2) is 6.30. The van der Waals surface area contributed by atoms with E-state index in [4.69, 9.17) is 0 Å². The van der Waals surface area contributed by atoms with Gasteiger partial charge in [0.05, 0.1) is 6.61 Å². The molecule has 0 saturated heterocycles. The van der Waals surface area contributed by atoms with Crippen molar-refractivity contribution in [1.82, 2.24) is 4.98 Å². The third-order valence-corrected chi connectivity index (χ3v) is 3.28. The highest BCUT2D eigenvalue weighted by molar-refractivity contribution is 5.79. The van der Waals surface area contributed by atoms with Gasteiger partial charge in [0.1, 0.15) is 5.78 Å². The lowest BCUT2D eigenvalue weighted by molar-refractivity contribution is -0.121. The summed E-state index contributed by atoms with van der Waals surface area (Å²) in [5.74, 6) is 0.301. The molecule has 0 radical (unpaired) electrons. The van der Waals surface area contributed by atoms with Crippen molar-refractivity contribution in [3.8, 4) is 0 Å². The first kappa shape index (κ1) is 13.6. The Balaban J connectivity index is 0.000000686. The smallest absolute Gasteiger partial charge is 0.132 e. The molecule has 17 heavy (non-hydrogen) atoms. The third-order valence-electron chi connectivity index (χ3n) is 3.28. The van der Waals surface area contributed by atoms with E-state index in [-0.39, 0.29) is 12.0 Å². The quantitative estimate of drug-likeness (QED) is 0.797. The molecule has 0 amide bonds. The van der Waals surface area contributed by atoms with Crippen LogP contribution in [-0.4, -0.2) is 22.5 Å². The van der Waals surface area contributed by atoms with Gasteiger partial charge < -0.3 is 5.11 Å². The zero-order valence-electron chi connectivity index (χ0n) is 10.1. The van der Waals surface area contributed by atoms with E-state index in [9.17, 15) is 9.90 Å². The first-order valence-electron chi connectivity index (χ1n) is 5.81. The van der Waals surface area contributed by atoms with Gasteiger partial charge in [0, 0.05) is 30.1 Å². The molecule has 1 saturated carbocycles. The average molecular weight is 233 g/mol. The largest absolute Gasteiger partial charge is 0.395 e. The fourth-order valence-electron chi connectivity index (χ4n) is 2.18. The minimum Gasteiger partial charge on any atom is -0.395 e. The number of aliphatic hydroxyl groups is 1. The summed E-state index contributed by atoms with van der Waals surface area (Å²) >= 11 is 0. The number of ketones is 1. The van der Waals surface area contributed by atoms with Crippen molar-refractivity contribution in [3.05, 3.63) is 43.2 Å². The van der Waals surface area contributed by atoms with E-state index in [1.165, 1.54) is 0 Å². The molecule has 1 heterocycles. The zero-order valence-corrected chi connectivity index (χ0v) is 10.1. The third kappa shape index (κ3) is 3.01. The number of hydrogen-bond donors (Lipinski definition) is 1. The maximum atomic E-state index is 11.2. The Morgan fingerprint density at radius 3 is 2.41 bits per heavy atom. The molecule has 3 nitrogen and oxygen atoms in total. The van der Waals surface area contributed by atoms with E-state index in [1.807, 2.05) is 18.2 Å². The van der Waals surface area contributed by atoms with E-state index in [1.54, 1.807) is 6.20 Å². The summed E-state index contributed by atoms with van der Waals surface area (Å²) in [4.78, 5) is 15.5. The van der Waals surface area contributed by atoms with Gasteiger partial charge in [0.25, 0.3) is 0 Å². The number of rotatable bonds is 2. The molecule has 1 aliphatic rings. The summed E-state index contributed by atoms with van der Waals surface area (Å²) in [6.45, 7) is 6.08. The summed E-state index contributed by atoms with van der Waals surface area (Å²) in [6, 6.07) is 5.73. The predicted octanol–water partition coefficient (Wildman–Crippen LogP) is 2.26. The van der Waals surface area contributed by atoms with E-state index < -0.39 is 0 Å². The van der Waals surface area contributed by atoms with E-state index >= 15 is 0 Å². The molecule has 1 aliphatic carbocycles. The Morgan fingerprint density at radius 1 is 1.29 bits per heavy atom. The number of hydrogen-bond acceptors (Lipinski definition) is 3. The summed E-state index contributed by atoms with van der Waals surface area (Å²) < 4.78 is 0. The monoisotopic (exact) mass is 233 g/mol. The number of Topliss-reactive ketones (excluding diaryl/α,β-unsaturated/α-hetero) is 1. The number of carbonyl (C=O) groups is 1. The Hall–Kier alpha value is -1.48. The van der Waals surface area contributed by atoms with Crippen LogP contribution in [0.15, 0.2) is 37.6 Å². The predicted molar refractivity (Wildman–Crippen MR) is 67.7 cm³/mol. The molecular formula is C14H19NO2. The Kier molecular flexibility index (Phi) is 5.04. The van der Waals surface area contributed by atoms with Gasteiger partial charge in [-0.2, -0.15) is 0 Å². The van der Waals surface area contributed by atoms with Gasteiger partial charge in [0.15, 0.2) is 0 Å². The summed E-state index contributed by atoms with van der Waals surface area (Å²) in [6.07, 6.45) is 4.32. The Morgan fingerprint density at radius 2 is 1.94 bits per heavy atom. The minimum atomic E-state index is -0.283. The molecule has 0 spiro atoms. The maximum Gasteiger partial charge on any atom is 0.132 e. The van der Waals surface area contributed by atoms with Crippen LogP contribution in [0.3, 0.4) is 0 Å². The van der Waals surface area contributed by atoms with Crippen LogP contribution in [0.1, 0.15) is 31.4 Å². The van der Waals surface area contributed by atoms with Crippen molar-refractivity contribution in [2.24, 2.45) is 0 Å². The van der Waals surface area contributed by atoms with Gasteiger partial charge in [-0.05, 0) is 25.0 Å². The molecule has 1 aromatic heterocycles. The topological polar surface area (TPSA) is 50.2 Å². The van der Waals surface area contributed by atoms with Gasteiger partial charge in [-0.25, -0.2) is 0 Å². The molecule has 1 aromatic rings. The lowest BCUT2D eigenvalue weighted by atomic mass is 9.72. The Labute approximate surface area is 102 Å². The SMILES string of the molecule is C=C.O=C1CCC(CO)(c2ccccn2)CC1. The van der Waals surface area contributed by atoms with Crippen molar-refractivity contribution >= 4 is 5.78 Å². The first-order chi connectivity index (χ1) is 8.27. The van der Waals surface area contributed by atoms with Gasteiger partial charge in [-0.15, -0.1) is 13.2 Å². The average Bonchev–Trinajstić information content (AvgIpc) is 2.43. The van der Waals surface area contributed by atoms with Crippen molar-refractivity contribution in [2.45, 2.75) is 31.1 Å². The molecular weight excluding hydrogens is 214 g/mol. The van der Waals surface area contributed by atoms with E-state index in [0.29, 0.717) is 18.6 Å². The normalized spacial score (nSPS) is 18.1. The van der Waals surface area contributed by atoms with Gasteiger partial charge >= 0.3 is 0 Å². The highest BCUT2D eigenvalue weighted by Crippen LogP contribution is 2.36. The van der Waals surface area contributed by atoms with Crippen LogP contribution in [-0.2, 0) is 10.2 Å². The molecule has 2 rings (SSSR count). The van der Waals surface area contributed by atoms with Crippen molar-refractivity contribution < 1.29 is 9.90 Å². The highest BCUT2D eigenvalue weighted by Gasteiger charge is 2.36. The van der Waals surface area contributed by atoms with Crippen LogP contribution in [0.2, 0.25) is 0 Å². The fourth-order valence-corrected chi connectivity index (χ4v) is 2.18. The van der Waals surface area contributed by atoms with Crippen LogP contribution < -0.4 is 0 Å². The van der Waals surface area contributed by atoms with Crippen molar-refractivity contribution in [2.75, 3.05) is 6.61 Å². The molecule has 0 atom stereocenters. The Bertz CT molecular complexity index is 352. The van der Waals surface area contributed by atoms with Gasteiger partial charge in [-0.3, -0.25) is 9.78 Å². The van der Waals surface area contributed by atoms with Crippen LogP contribution in [0.4, 0.5) is 0 Å². The standard InChI is InChI=1S/C12H15NO2.C2H4/c14-9-12(6-4-10(15)5-7-12)11-3-1-2-8-13-11;1-2/h1-3,8,14H,4-7,9H2;1-2H2. The highest BCUT2D eigenvalue weighted by atomic mass is 16.3. The summed E-state index contributed by atoms with van der Waals surface area (Å²) in [7, 11) is 0. The molecule has 92 valence electrons. The first-order valence-corrected chi connectivity index (χ1v) is 5.81. The zero-order chi connectivity index (χ0) is 12.7. The number of aliphatic hydroxyl groups excluding tert-OH is 1. The maximum absolute atomic E-state index is 11.2. The summed E-state index contributed by atoms with van der Waals surface area (Å²) in [5.41, 5.74) is 0.634. The fraction of sp³-hybridized carbons (Fsp3) is 0.429. The summed E-state index contributed by atoms with van der Waals surface area (Å²) in [5, 5.41) is 9.53. The molecule has 0 bridgehead atoms. The second-order valence-electron chi connectivity index (χ2n) is 4.19. The van der Waals surface area contributed by atoms with Gasteiger partial charge in [-0.1, -0.05) is 6.07 Å². The van der Waals surface area contributed by atoms with Gasteiger partial charge in [0.2, 0.25) is 0 Å². The van der Waals surface area contributed by atoms with E-state index in [0.717, 1.165) is 18.5 Å². The molecule has 0 aliphatic heterocycles. The van der Waals surface area contributed by atoms with Crippen LogP contribution in [0, 0.1) is 0 Å². The lowest BCUT2D eigenvalue weighted by Gasteiger charge is -2.34. The lowest BCUT2D eigenvalue weighted by Crippen LogP contribution is -2.36. The van der Waals surface area contributed by atoms with Crippen LogP contribution >= 0.6 is 0 Å². The van der Waals surface area contributed by atoms with Crippen LogP contribution in [0.5, 0.6) is 0 Å². The van der Waals surface area contributed by atoms with Crippen LogP contribution in [0.25, 0.3) is 0 Å².